The van der Waals surface area contributed by atoms with Crippen LogP contribution >= 0.6 is 0 Å². The molecule has 0 radical (unpaired) electrons. The van der Waals surface area contributed by atoms with Gasteiger partial charge in [-0.05, 0) is 57.2 Å². The average Bonchev–Trinajstić information content (AvgIpc) is 3.15. The second-order valence-corrected chi connectivity index (χ2v) is 10.3. The van der Waals surface area contributed by atoms with Gasteiger partial charge >= 0.3 is 0 Å². The summed E-state index contributed by atoms with van der Waals surface area (Å²) < 4.78 is 27.1. The summed E-state index contributed by atoms with van der Waals surface area (Å²) in [6, 6.07) is 7.08. The zero-order chi connectivity index (χ0) is 23.5. The first kappa shape index (κ1) is 23.7. The van der Waals surface area contributed by atoms with Crippen molar-refractivity contribution in [2.24, 2.45) is 5.92 Å². The third-order valence-electron chi connectivity index (χ3n) is 5.46. The van der Waals surface area contributed by atoms with Gasteiger partial charge in [-0.3, -0.25) is 9.52 Å². The molecule has 1 unspecified atom stereocenters. The Labute approximate surface area is 189 Å². The van der Waals surface area contributed by atoms with Gasteiger partial charge in [-0.15, -0.1) is 0 Å². The second kappa shape index (κ2) is 9.68. The number of benzene rings is 1. The van der Waals surface area contributed by atoms with Gasteiger partial charge in [0, 0.05) is 31.0 Å². The number of piperidine rings is 1. The van der Waals surface area contributed by atoms with Gasteiger partial charge in [0.2, 0.25) is 10.0 Å². The summed E-state index contributed by atoms with van der Waals surface area (Å²) in [5, 5.41) is 4.07. The van der Waals surface area contributed by atoms with Crippen LogP contribution in [0, 0.1) is 26.7 Å². The molecule has 2 aromatic heterocycles. The molecule has 0 saturated carbocycles. The molecule has 0 bridgehead atoms. The van der Waals surface area contributed by atoms with E-state index in [0.717, 1.165) is 49.1 Å². The maximum atomic E-state index is 12.7. The van der Waals surface area contributed by atoms with Gasteiger partial charge in [0.1, 0.15) is 0 Å². The smallest absolute Gasteiger partial charge is 0.256 e. The summed E-state index contributed by atoms with van der Waals surface area (Å²) in [7, 11) is -3.41. The minimum atomic E-state index is -3.41. The van der Waals surface area contributed by atoms with Crippen LogP contribution in [0.2, 0.25) is 0 Å². The number of sulfonamides is 1. The van der Waals surface area contributed by atoms with Crippen LogP contribution in [0.5, 0.6) is 0 Å². The molecule has 1 fully saturated rings. The molecule has 4 rings (SSSR count). The number of nitrogens with zero attached hydrogens (tertiary/aromatic N) is 4. The normalized spacial score (nSPS) is 16.4. The van der Waals surface area contributed by atoms with Crippen LogP contribution in [0.1, 0.15) is 46.9 Å². The van der Waals surface area contributed by atoms with Crippen LogP contribution in [-0.2, 0) is 10.0 Å². The predicted octanol–water partition coefficient (Wildman–Crippen LogP) is 3.58. The SMILES string of the molecule is Cc1ccc(NS(C)(=O)=O)c(C(=O)N2CCCC(C)C2)c1.Cc1cn2nccc2nc1C. The van der Waals surface area contributed by atoms with Gasteiger partial charge in [0.15, 0.2) is 5.65 Å². The monoisotopic (exact) mass is 457 g/mol. The van der Waals surface area contributed by atoms with E-state index in [0.29, 0.717) is 17.2 Å². The number of hydrogen-bond acceptors (Lipinski definition) is 5. The molecule has 1 aliphatic heterocycles. The van der Waals surface area contributed by atoms with Gasteiger partial charge < -0.3 is 4.90 Å². The molecule has 9 heteroatoms. The molecular formula is C23H31N5O3S. The lowest BCUT2D eigenvalue weighted by Crippen LogP contribution is -2.39. The fourth-order valence-electron chi connectivity index (χ4n) is 3.70. The van der Waals surface area contributed by atoms with Crippen LogP contribution in [0.25, 0.3) is 5.65 Å². The minimum absolute atomic E-state index is 0.101. The molecule has 8 nitrogen and oxygen atoms in total. The van der Waals surface area contributed by atoms with Crippen molar-refractivity contribution in [2.75, 3.05) is 24.1 Å². The molecule has 1 saturated heterocycles. The largest absolute Gasteiger partial charge is 0.338 e. The van der Waals surface area contributed by atoms with Crippen LogP contribution in [0.15, 0.2) is 36.7 Å². The van der Waals surface area contributed by atoms with Gasteiger partial charge in [0.25, 0.3) is 5.91 Å². The van der Waals surface area contributed by atoms with E-state index in [4.69, 9.17) is 0 Å². The number of nitrogens with one attached hydrogen (secondary N) is 1. The number of hydrogen-bond donors (Lipinski definition) is 1. The Morgan fingerprint density at radius 3 is 2.62 bits per heavy atom. The topological polar surface area (TPSA) is 96.7 Å². The lowest BCUT2D eigenvalue weighted by Gasteiger charge is -2.31. The van der Waals surface area contributed by atoms with Crippen molar-refractivity contribution in [3.8, 4) is 0 Å². The van der Waals surface area contributed by atoms with Crippen LogP contribution in [0.3, 0.4) is 0 Å². The van der Waals surface area contributed by atoms with Gasteiger partial charge in [-0.1, -0.05) is 18.6 Å². The van der Waals surface area contributed by atoms with E-state index >= 15 is 0 Å². The molecule has 0 aliphatic carbocycles. The van der Waals surface area contributed by atoms with E-state index in [2.05, 4.69) is 21.7 Å². The Balaban J connectivity index is 0.000000219. The Morgan fingerprint density at radius 2 is 1.94 bits per heavy atom. The zero-order valence-corrected chi connectivity index (χ0v) is 20.1. The Hall–Kier alpha value is -2.94. The molecule has 0 spiro atoms. The fraction of sp³-hybridized carbons (Fsp3) is 0.435. The number of anilines is 1. The second-order valence-electron chi connectivity index (χ2n) is 8.57. The number of aromatic nitrogens is 3. The average molecular weight is 458 g/mol. The van der Waals surface area contributed by atoms with Gasteiger partial charge in [-0.2, -0.15) is 5.10 Å². The summed E-state index contributed by atoms with van der Waals surface area (Å²) in [5.41, 5.74) is 4.86. The summed E-state index contributed by atoms with van der Waals surface area (Å²) in [6.07, 6.45) is 6.95. The molecule has 32 heavy (non-hydrogen) atoms. The molecule has 172 valence electrons. The Bertz CT molecular complexity index is 1180. The summed E-state index contributed by atoms with van der Waals surface area (Å²) in [5.74, 6) is 0.384. The highest BCUT2D eigenvalue weighted by molar-refractivity contribution is 7.92. The van der Waals surface area contributed by atoms with Gasteiger partial charge in [-0.25, -0.2) is 17.9 Å². The number of carbonyl (C=O) groups is 1. The van der Waals surface area contributed by atoms with Crippen LogP contribution in [0.4, 0.5) is 5.69 Å². The first-order chi connectivity index (χ1) is 15.0. The van der Waals surface area contributed by atoms with E-state index in [1.54, 1.807) is 28.9 Å². The van der Waals surface area contributed by atoms with Crippen molar-refractivity contribution in [2.45, 2.75) is 40.5 Å². The molecule has 1 amide bonds. The van der Waals surface area contributed by atoms with Crippen molar-refractivity contribution in [1.82, 2.24) is 19.5 Å². The van der Waals surface area contributed by atoms with E-state index in [-0.39, 0.29) is 5.91 Å². The number of carbonyl (C=O) groups excluding carboxylic acids is 1. The fourth-order valence-corrected chi connectivity index (χ4v) is 4.28. The third kappa shape index (κ3) is 6.06. The quantitative estimate of drug-likeness (QED) is 0.648. The number of amides is 1. The maximum absolute atomic E-state index is 12.7. The Morgan fingerprint density at radius 1 is 1.19 bits per heavy atom. The first-order valence-electron chi connectivity index (χ1n) is 10.7. The maximum Gasteiger partial charge on any atom is 0.256 e. The first-order valence-corrected chi connectivity index (χ1v) is 12.6. The number of aryl methyl sites for hydroxylation is 3. The number of fused-ring (bicyclic) bond motifs is 1. The van der Waals surface area contributed by atoms with Crippen molar-refractivity contribution >= 4 is 27.3 Å². The van der Waals surface area contributed by atoms with Crippen molar-refractivity contribution in [1.29, 1.82) is 0 Å². The summed E-state index contributed by atoms with van der Waals surface area (Å²) in [4.78, 5) is 18.8. The molecule has 1 N–H and O–H groups in total. The van der Waals surface area contributed by atoms with E-state index < -0.39 is 10.0 Å². The predicted molar refractivity (Wildman–Crippen MR) is 126 cm³/mol. The van der Waals surface area contributed by atoms with Gasteiger partial charge in [0.05, 0.1) is 23.7 Å². The third-order valence-corrected chi connectivity index (χ3v) is 6.05. The zero-order valence-electron chi connectivity index (χ0n) is 19.3. The Kier molecular flexibility index (Phi) is 7.18. The number of rotatable bonds is 3. The molecule has 1 aromatic carbocycles. The standard InChI is InChI=1S/C15H22N2O3S.C8H9N3/c1-11-6-7-14(16-21(3,19)20)13(9-11)15(18)17-8-4-5-12(2)10-17;1-6-5-11-8(3-4-9-11)10-7(6)2/h6-7,9,12,16H,4-5,8,10H2,1-3H3;3-5H,1-2H3. The van der Waals surface area contributed by atoms with Crippen LogP contribution < -0.4 is 4.72 Å². The molecule has 1 atom stereocenters. The number of likely N-dealkylation sites (tertiary alicyclic amines) is 1. The van der Waals surface area contributed by atoms with Crippen LogP contribution in [-0.4, -0.2) is 53.2 Å². The molecule has 3 aromatic rings. The van der Waals surface area contributed by atoms with Crippen molar-refractivity contribution in [3.05, 3.63) is 59.0 Å². The molecule has 3 heterocycles. The molecular weight excluding hydrogens is 426 g/mol. The summed E-state index contributed by atoms with van der Waals surface area (Å²) >= 11 is 0. The van der Waals surface area contributed by atoms with E-state index in [1.165, 1.54) is 5.56 Å². The summed E-state index contributed by atoms with van der Waals surface area (Å²) in [6.45, 7) is 9.51. The lowest BCUT2D eigenvalue weighted by atomic mass is 9.99. The lowest BCUT2D eigenvalue weighted by molar-refractivity contribution is 0.0684. The highest BCUT2D eigenvalue weighted by Gasteiger charge is 2.24. The van der Waals surface area contributed by atoms with Crippen molar-refractivity contribution in [3.63, 3.8) is 0 Å². The highest BCUT2D eigenvalue weighted by Crippen LogP contribution is 2.23. The van der Waals surface area contributed by atoms with Crippen molar-refractivity contribution < 1.29 is 13.2 Å². The highest BCUT2D eigenvalue weighted by atomic mass is 32.2. The van der Waals surface area contributed by atoms with E-state index in [9.17, 15) is 13.2 Å². The molecule has 1 aliphatic rings. The minimum Gasteiger partial charge on any atom is -0.338 e. The van der Waals surface area contributed by atoms with E-state index in [1.807, 2.05) is 37.9 Å².